The third kappa shape index (κ3) is 3.47. The highest BCUT2D eigenvalue weighted by Gasteiger charge is 2.11. The minimum Gasteiger partial charge on any atom is -0.321 e. The summed E-state index contributed by atoms with van der Waals surface area (Å²) >= 11 is 15.3. The number of carbonyl (C=O) groups excluding carboxylic acids is 1. The fourth-order valence-electron chi connectivity index (χ4n) is 1.47. The third-order valence-corrected chi connectivity index (χ3v) is 3.62. The van der Waals surface area contributed by atoms with Gasteiger partial charge in [0.15, 0.2) is 0 Å². The first-order valence-corrected chi connectivity index (χ1v) is 6.90. The minimum absolute atomic E-state index is 0.296. The van der Waals surface area contributed by atoms with Gasteiger partial charge in [-0.05, 0) is 46.6 Å². The van der Waals surface area contributed by atoms with Gasteiger partial charge in [-0.15, -0.1) is 0 Å². The Kier molecular flexibility index (Phi) is 4.45. The molecule has 0 aliphatic rings. The lowest BCUT2D eigenvalue weighted by atomic mass is 10.2. The number of aryl methyl sites for hydroxylation is 1. The number of halogens is 3. The van der Waals surface area contributed by atoms with Gasteiger partial charge in [0.1, 0.15) is 0 Å². The average molecular weight is 360 g/mol. The highest BCUT2D eigenvalue weighted by atomic mass is 79.9. The minimum atomic E-state index is -0.296. The van der Waals surface area contributed by atoms with Crippen molar-refractivity contribution in [1.82, 2.24) is 4.98 Å². The van der Waals surface area contributed by atoms with Crippen LogP contribution in [-0.4, -0.2) is 10.9 Å². The standard InChI is InChI=1S/C13H9BrCl2N2O/c1-7-2-11(16)12(4-10(7)15)18-13(19)8-3-9(14)6-17-5-8/h2-6H,1H3,(H,18,19). The molecule has 1 aromatic heterocycles. The molecule has 3 nitrogen and oxygen atoms in total. The van der Waals surface area contributed by atoms with E-state index < -0.39 is 0 Å². The van der Waals surface area contributed by atoms with Crippen LogP contribution >= 0.6 is 39.1 Å². The first-order valence-electron chi connectivity index (χ1n) is 5.35. The molecular formula is C13H9BrCl2N2O. The van der Waals surface area contributed by atoms with Gasteiger partial charge in [0, 0.05) is 21.9 Å². The van der Waals surface area contributed by atoms with E-state index >= 15 is 0 Å². The molecule has 0 saturated heterocycles. The van der Waals surface area contributed by atoms with Gasteiger partial charge < -0.3 is 5.32 Å². The molecular weight excluding hydrogens is 351 g/mol. The molecule has 0 fully saturated rings. The first kappa shape index (κ1) is 14.3. The van der Waals surface area contributed by atoms with Crippen LogP contribution in [0.3, 0.4) is 0 Å². The normalized spacial score (nSPS) is 10.3. The fraction of sp³-hybridized carbons (Fsp3) is 0.0769. The number of carbonyl (C=O) groups is 1. The Bertz CT molecular complexity index is 647. The van der Waals surface area contributed by atoms with E-state index in [2.05, 4.69) is 26.2 Å². The van der Waals surface area contributed by atoms with E-state index in [0.29, 0.717) is 21.3 Å². The molecule has 0 unspecified atom stereocenters. The number of aromatic nitrogens is 1. The van der Waals surface area contributed by atoms with Gasteiger partial charge in [-0.3, -0.25) is 9.78 Å². The van der Waals surface area contributed by atoms with Crippen molar-refractivity contribution < 1.29 is 4.79 Å². The summed E-state index contributed by atoms with van der Waals surface area (Å²) in [5.41, 5.74) is 1.76. The second-order valence-electron chi connectivity index (χ2n) is 3.93. The van der Waals surface area contributed by atoms with Gasteiger partial charge in [0.25, 0.3) is 5.91 Å². The Morgan fingerprint density at radius 2 is 1.95 bits per heavy atom. The maximum Gasteiger partial charge on any atom is 0.257 e. The summed E-state index contributed by atoms with van der Waals surface area (Å²) < 4.78 is 0.730. The van der Waals surface area contributed by atoms with Crippen molar-refractivity contribution in [3.05, 3.63) is 56.2 Å². The van der Waals surface area contributed by atoms with Gasteiger partial charge in [-0.1, -0.05) is 23.2 Å². The van der Waals surface area contributed by atoms with E-state index in [0.717, 1.165) is 10.0 Å². The predicted octanol–water partition coefficient (Wildman–Crippen LogP) is 4.71. The van der Waals surface area contributed by atoms with E-state index in [-0.39, 0.29) is 5.91 Å². The molecule has 1 N–H and O–H groups in total. The Morgan fingerprint density at radius 1 is 1.21 bits per heavy atom. The largest absolute Gasteiger partial charge is 0.321 e. The van der Waals surface area contributed by atoms with Crippen LogP contribution in [0, 0.1) is 6.92 Å². The van der Waals surface area contributed by atoms with Crippen molar-refractivity contribution in [3.8, 4) is 0 Å². The molecule has 2 aromatic rings. The second-order valence-corrected chi connectivity index (χ2v) is 5.66. The number of rotatable bonds is 2. The van der Waals surface area contributed by atoms with Crippen molar-refractivity contribution in [1.29, 1.82) is 0 Å². The van der Waals surface area contributed by atoms with E-state index in [1.54, 1.807) is 24.4 Å². The molecule has 19 heavy (non-hydrogen) atoms. The SMILES string of the molecule is Cc1cc(Cl)c(NC(=O)c2cncc(Br)c2)cc1Cl. The molecule has 0 saturated carbocycles. The molecule has 0 aliphatic heterocycles. The van der Waals surface area contributed by atoms with Crippen molar-refractivity contribution in [3.63, 3.8) is 0 Å². The van der Waals surface area contributed by atoms with Crippen LogP contribution < -0.4 is 5.32 Å². The van der Waals surface area contributed by atoms with Crippen molar-refractivity contribution in [2.75, 3.05) is 5.32 Å². The molecule has 1 amide bonds. The first-order chi connectivity index (χ1) is 8.97. The van der Waals surface area contributed by atoms with Crippen LogP contribution in [0.15, 0.2) is 35.1 Å². The fourth-order valence-corrected chi connectivity index (χ4v) is 2.27. The molecule has 98 valence electrons. The van der Waals surface area contributed by atoms with Gasteiger partial charge in [-0.25, -0.2) is 0 Å². The Labute approximate surface area is 129 Å². The number of hydrogen-bond donors (Lipinski definition) is 1. The quantitative estimate of drug-likeness (QED) is 0.843. The van der Waals surface area contributed by atoms with E-state index in [9.17, 15) is 4.79 Å². The predicted molar refractivity (Wildman–Crippen MR) is 81.1 cm³/mol. The maximum atomic E-state index is 12.0. The molecule has 0 aliphatic carbocycles. The summed E-state index contributed by atoms with van der Waals surface area (Å²) in [4.78, 5) is 16.0. The molecule has 6 heteroatoms. The molecule has 0 bridgehead atoms. The lowest BCUT2D eigenvalue weighted by Crippen LogP contribution is -2.12. The number of benzene rings is 1. The summed E-state index contributed by atoms with van der Waals surface area (Å²) in [5.74, 6) is -0.296. The smallest absolute Gasteiger partial charge is 0.257 e. The number of hydrogen-bond acceptors (Lipinski definition) is 2. The number of amides is 1. The molecule has 2 rings (SSSR count). The van der Waals surface area contributed by atoms with Gasteiger partial charge in [0.05, 0.1) is 16.3 Å². The van der Waals surface area contributed by atoms with Crippen LogP contribution in [0.5, 0.6) is 0 Å². The summed E-state index contributed by atoms with van der Waals surface area (Å²) in [6.45, 7) is 1.85. The van der Waals surface area contributed by atoms with E-state index in [4.69, 9.17) is 23.2 Å². The Hall–Kier alpha value is -1.10. The van der Waals surface area contributed by atoms with E-state index in [1.165, 1.54) is 6.20 Å². The van der Waals surface area contributed by atoms with Crippen molar-refractivity contribution in [2.24, 2.45) is 0 Å². The van der Waals surface area contributed by atoms with Crippen LogP contribution in [0.1, 0.15) is 15.9 Å². The average Bonchev–Trinajstić information content (AvgIpc) is 2.36. The summed E-state index contributed by atoms with van der Waals surface area (Å²) in [5, 5.41) is 3.70. The van der Waals surface area contributed by atoms with Gasteiger partial charge >= 0.3 is 0 Å². The highest BCUT2D eigenvalue weighted by Crippen LogP contribution is 2.29. The zero-order valence-corrected chi connectivity index (χ0v) is 13.0. The highest BCUT2D eigenvalue weighted by molar-refractivity contribution is 9.10. The maximum absolute atomic E-state index is 12.0. The number of nitrogens with zero attached hydrogens (tertiary/aromatic N) is 1. The lowest BCUT2D eigenvalue weighted by Gasteiger charge is -2.09. The summed E-state index contributed by atoms with van der Waals surface area (Å²) in [6.07, 6.45) is 3.08. The van der Waals surface area contributed by atoms with Crippen LogP contribution in [0.4, 0.5) is 5.69 Å². The summed E-state index contributed by atoms with van der Waals surface area (Å²) in [7, 11) is 0. The van der Waals surface area contributed by atoms with Gasteiger partial charge in [0.2, 0.25) is 0 Å². The Morgan fingerprint density at radius 3 is 2.63 bits per heavy atom. The molecule has 0 spiro atoms. The molecule has 0 radical (unpaired) electrons. The monoisotopic (exact) mass is 358 g/mol. The zero-order valence-electron chi connectivity index (χ0n) is 9.88. The van der Waals surface area contributed by atoms with Crippen molar-refractivity contribution >= 4 is 50.7 Å². The van der Waals surface area contributed by atoms with Crippen LogP contribution in [0.2, 0.25) is 10.0 Å². The number of anilines is 1. The van der Waals surface area contributed by atoms with Crippen LogP contribution in [0.25, 0.3) is 0 Å². The van der Waals surface area contributed by atoms with Crippen LogP contribution in [-0.2, 0) is 0 Å². The Balaban J connectivity index is 2.27. The zero-order chi connectivity index (χ0) is 14.0. The number of nitrogens with one attached hydrogen (secondary N) is 1. The third-order valence-electron chi connectivity index (χ3n) is 2.46. The molecule has 1 heterocycles. The van der Waals surface area contributed by atoms with Gasteiger partial charge in [-0.2, -0.15) is 0 Å². The molecule has 1 aromatic carbocycles. The van der Waals surface area contributed by atoms with Crippen molar-refractivity contribution in [2.45, 2.75) is 6.92 Å². The topological polar surface area (TPSA) is 42.0 Å². The number of pyridine rings is 1. The van der Waals surface area contributed by atoms with E-state index in [1.807, 2.05) is 6.92 Å². The lowest BCUT2D eigenvalue weighted by molar-refractivity contribution is 0.102. The second kappa shape index (κ2) is 5.90. The molecule has 0 atom stereocenters. The summed E-state index contributed by atoms with van der Waals surface area (Å²) in [6, 6.07) is 5.01.